The third-order valence-electron chi connectivity index (χ3n) is 4.04. The third kappa shape index (κ3) is 4.33. The average molecular weight is 443 g/mol. The van der Waals surface area contributed by atoms with Gasteiger partial charge in [0, 0.05) is 23.2 Å². The summed E-state index contributed by atoms with van der Waals surface area (Å²) in [6.07, 6.45) is 0. The van der Waals surface area contributed by atoms with Gasteiger partial charge in [-0.15, -0.1) is 0 Å². The van der Waals surface area contributed by atoms with Crippen LogP contribution in [0.3, 0.4) is 0 Å². The Labute approximate surface area is 162 Å². The summed E-state index contributed by atoms with van der Waals surface area (Å²) in [5.74, 6) is -0.273. The number of anilines is 1. The molecule has 2 aromatic rings. The molecule has 1 aromatic heterocycles. The van der Waals surface area contributed by atoms with Gasteiger partial charge >= 0.3 is 0 Å². The molecule has 1 N–H and O–H groups in total. The van der Waals surface area contributed by atoms with E-state index in [1.54, 1.807) is 39.8 Å². The molecular weight excluding hydrogens is 420 g/mol. The highest BCUT2D eigenvalue weighted by Crippen LogP contribution is 2.23. The Morgan fingerprint density at radius 3 is 2.31 bits per heavy atom. The van der Waals surface area contributed by atoms with E-state index in [0.717, 1.165) is 4.47 Å². The Bertz CT molecular complexity index is 887. The van der Waals surface area contributed by atoms with Crippen molar-refractivity contribution in [1.29, 1.82) is 0 Å². The van der Waals surface area contributed by atoms with E-state index >= 15 is 0 Å². The summed E-state index contributed by atoms with van der Waals surface area (Å²) in [5.41, 5.74) is 1.52. The molecule has 1 amide bonds. The zero-order chi connectivity index (χ0) is 19.5. The number of hydrogen-bond donors (Lipinski definition) is 1. The van der Waals surface area contributed by atoms with Crippen LogP contribution in [0.1, 0.15) is 25.2 Å². The molecule has 0 aliphatic carbocycles. The van der Waals surface area contributed by atoms with Crippen molar-refractivity contribution in [1.82, 2.24) is 14.1 Å². The maximum absolute atomic E-state index is 12.8. The molecule has 142 valence electrons. The van der Waals surface area contributed by atoms with Crippen LogP contribution in [-0.2, 0) is 21.4 Å². The predicted molar refractivity (Wildman–Crippen MR) is 105 cm³/mol. The summed E-state index contributed by atoms with van der Waals surface area (Å²) in [5, 5.41) is 7.04. The Morgan fingerprint density at radius 1 is 1.19 bits per heavy atom. The van der Waals surface area contributed by atoms with Gasteiger partial charge in [0.15, 0.2) is 0 Å². The standard InChI is InChI=1S/C17H23BrN4O3S/c1-5-21(6-2)26(24,25)17-12(3)20-22(13(17)4)11-16(23)19-15-9-7-14(18)8-10-15/h7-10H,5-6,11H2,1-4H3,(H,19,23). The Hall–Kier alpha value is -1.71. The number of benzene rings is 1. The van der Waals surface area contributed by atoms with Gasteiger partial charge in [0.05, 0.1) is 11.4 Å². The molecule has 9 heteroatoms. The van der Waals surface area contributed by atoms with Crippen LogP contribution in [0.4, 0.5) is 5.69 Å². The molecule has 1 aromatic carbocycles. The highest BCUT2D eigenvalue weighted by atomic mass is 79.9. The molecule has 0 saturated heterocycles. The Balaban J connectivity index is 2.24. The Morgan fingerprint density at radius 2 is 1.77 bits per heavy atom. The van der Waals surface area contributed by atoms with Crippen LogP contribution in [0, 0.1) is 13.8 Å². The van der Waals surface area contributed by atoms with E-state index in [9.17, 15) is 13.2 Å². The number of amides is 1. The number of nitrogens with one attached hydrogen (secondary N) is 1. The highest BCUT2D eigenvalue weighted by molar-refractivity contribution is 9.10. The molecular formula is C17H23BrN4O3S. The summed E-state index contributed by atoms with van der Waals surface area (Å²) in [6, 6.07) is 7.21. The molecule has 0 bridgehead atoms. The van der Waals surface area contributed by atoms with Crippen molar-refractivity contribution in [2.75, 3.05) is 18.4 Å². The first-order valence-corrected chi connectivity index (χ1v) is 10.5. The number of nitrogens with zero attached hydrogens (tertiary/aromatic N) is 3. The predicted octanol–water partition coefficient (Wildman–Crippen LogP) is 2.93. The van der Waals surface area contributed by atoms with Crippen molar-refractivity contribution < 1.29 is 13.2 Å². The van der Waals surface area contributed by atoms with Crippen LogP contribution in [-0.4, -0.2) is 41.5 Å². The monoisotopic (exact) mass is 442 g/mol. The van der Waals surface area contributed by atoms with Gasteiger partial charge in [0.1, 0.15) is 11.4 Å². The van der Waals surface area contributed by atoms with Crippen molar-refractivity contribution >= 4 is 37.5 Å². The van der Waals surface area contributed by atoms with Gasteiger partial charge in [0.25, 0.3) is 0 Å². The maximum Gasteiger partial charge on any atom is 0.246 e. The van der Waals surface area contributed by atoms with Crippen molar-refractivity contribution in [2.45, 2.75) is 39.1 Å². The van der Waals surface area contributed by atoms with Gasteiger partial charge in [-0.3, -0.25) is 9.48 Å². The first-order chi connectivity index (χ1) is 12.2. The van der Waals surface area contributed by atoms with E-state index < -0.39 is 10.0 Å². The van der Waals surface area contributed by atoms with Crippen molar-refractivity contribution in [2.24, 2.45) is 0 Å². The fourth-order valence-corrected chi connectivity index (χ4v) is 4.87. The molecule has 0 atom stereocenters. The lowest BCUT2D eigenvalue weighted by Gasteiger charge is -2.18. The highest BCUT2D eigenvalue weighted by Gasteiger charge is 2.29. The summed E-state index contributed by atoms with van der Waals surface area (Å²) >= 11 is 3.34. The van der Waals surface area contributed by atoms with Crippen LogP contribution in [0.15, 0.2) is 33.6 Å². The maximum atomic E-state index is 12.8. The minimum atomic E-state index is -3.63. The normalized spacial score (nSPS) is 11.8. The molecule has 1 heterocycles. The number of carbonyl (C=O) groups is 1. The quantitative estimate of drug-likeness (QED) is 0.713. The van der Waals surface area contributed by atoms with E-state index in [0.29, 0.717) is 30.2 Å². The molecule has 0 fully saturated rings. The van der Waals surface area contributed by atoms with Gasteiger partial charge in [0.2, 0.25) is 15.9 Å². The number of hydrogen-bond acceptors (Lipinski definition) is 4. The van der Waals surface area contributed by atoms with Crippen LogP contribution < -0.4 is 5.32 Å². The molecule has 0 radical (unpaired) electrons. The number of carbonyl (C=O) groups excluding carboxylic acids is 1. The number of rotatable bonds is 7. The van der Waals surface area contributed by atoms with Gasteiger partial charge in [-0.25, -0.2) is 8.42 Å². The lowest BCUT2D eigenvalue weighted by molar-refractivity contribution is -0.116. The largest absolute Gasteiger partial charge is 0.324 e. The fraction of sp³-hybridized carbons (Fsp3) is 0.412. The zero-order valence-electron chi connectivity index (χ0n) is 15.3. The van der Waals surface area contributed by atoms with E-state index in [-0.39, 0.29) is 17.3 Å². The molecule has 0 aliphatic rings. The molecule has 0 spiro atoms. The smallest absolute Gasteiger partial charge is 0.246 e. The van der Waals surface area contributed by atoms with Crippen molar-refractivity contribution in [3.63, 3.8) is 0 Å². The van der Waals surface area contributed by atoms with Crippen LogP contribution in [0.25, 0.3) is 0 Å². The molecule has 2 rings (SSSR count). The first kappa shape index (κ1) is 20.6. The summed E-state index contributed by atoms with van der Waals surface area (Å²) in [4.78, 5) is 12.5. The molecule has 0 unspecified atom stereocenters. The number of halogens is 1. The van der Waals surface area contributed by atoms with Crippen LogP contribution in [0.5, 0.6) is 0 Å². The SMILES string of the molecule is CCN(CC)S(=O)(=O)c1c(C)nn(CC(=O)Nc2ccc(Br)cc2)c1C. The molecule has 0 saturated carbocycles. The minimum absolute atomic E-state index is 0.0590. The van der Waals surface area contributed by atoms with Gasteiger partial charge in [-0.1, -0.05) is 29.8 Å². The Kier molecular flexibility index (Phi) is 6.59. The number of aromatic nitrogens is 2. The minimum Gasteiger partial charge on any atom is -0.324 e. The number of sulfonamides is 1. The fourth-order valence-electron chi connectivity index (χ4n) is 2.77. The summed E-state index contributed by atoms with van der Waals surface area (Å²) in [6.45, 7) is 7.61. The summed E-state index contributed by atoms with van der Waals surface area (Å²) in [7, 11) is -3.63. The lowest BCUT2D eigenvalue weighted by Crippen LogP contribution is -2.31. The van der Waals surface area contributed by atoms with Crippen LogP contribution >= 0.6 is 15.9 Å². The number of aryl methyl sites for hydroxylation is 1. The van der Waals surface area contributed by atoms with E-state index in [2.05, 4.69) is 26.3 Å². The van der Waals surface area contributed by atoms with E-state index in [1.807, 2.05) is 12.1 Å². The lowest BCUT2D eigenvalue weighted by atomic mass is 10.3. The van der Waals surface area contributed by atoms with Crippen molar-refractivity contribution in [3.8, 4) is 0 Å². The van der Waals surface area contributed by atoms with Crippen molar-refractivity contribution in [3.05, 3.63) is 40.1 Å². The molecule has 7 nitrogen and oxygen atoms in total. The second-order valence-electron chi connectivity index (χ2n) is 5.80. The van der Waals surface area contributed by atoms with Crippen LogP contribution in [0.2, 0.25) is 0 Å². The summed E-state index contributed by atoms with van der Waals surface area (Å²) < 4.78 is 29.4. The second kappa shape index (κ2) is 8.32. The second-order valence-corrected chi connectivity index (χ2v) is 8.59. The zero-order valence-corrected chi connectivity index (χ0v) is 17.7. The van der Waals surface area contributed by atoms with E-state index in [4.69, 9.17) is 0 Å². The topological polar surface area (TPSA) is 84.3 Å². The molecule has 26 heavy (non-hydrogen) atoms. The van der Waals surface area contributed by atoms with E-state index in [1.165, 1.54) is 8.99 Å². The van der Waals surface area contributed by atoms with Gasteiger partial charge in [-0.05, 0) is 38.1 Å². The van der Waals surface area contributed by atoms with Gasteiger partial charge in [-0.2, -0.15) is 9.40 Å². The third-order valence-corrected chi connectivity index (χ3v) is 6.87. The average Bonchev–Trinajstić information content (AvgIpc) is 2.84. The first-order valence-electron chi connectivity index (χ1n) is 8.30. The molecule has 0 aliphatic heterocycles. The van der Waals surface area contributed by atoms with Gasteiger partial charge < -0.3 is 5.32 Å².